The zero-order valence-corrected chi connectivity index (χ0v) is 16.1. The number of carbonyl (C=O) groups is 2. The van der Waals surface area contributed by atoms with Crippen LogP contribution in [0.5, 0.6) is 5.75 Å². The molecule has 0 atom stereocenters. The van der Waals surface area contributed by atoms with E-state index >= 15 is 0 Å². The van der Waals surface area contributed by atoms with Crippen LogP contribution in [0.4, 0.5) is 13.2 Å². The normalized spacial score (nSPS) is 11.2. The molecule has 0 unspecified atom stereocenters. The monoisotopic (exact) mass is 416 g/mol. The lowest BCUT2D eigenvalue weighted by atomic mass is 10.1. The average Bonchev–Trinajstić information content (AvgIpc) is 3.23. The summed E-state index contributed by atoms with van der Waals surface area (Å²) in [6, 6.07) is 14.7. The molecule has 0 radical (unpaired) electrons. The standard InChI is InChI=1S/C22H19F3N2O3/c1-30-18-10-4-15(5-11-18)12-13-26-21(29)20(28)19-3-2-14-27(19)17-8-6-16(7-9-17)22(23,24)25/h2-11,14H,12-13H2,1H3,(H,26,29). The van der Waals surface area contributed by atoms with Gasteiger partial charge in [-0.05, 0) is 60.5 Å². The topological polar surface area (TPSA) is 60.3 Å². The number of Topliss-reactive ketones (excluding diaryl/α,β-unsaturated/α-hetero) is 1. The number of hydrogen-bond acceptors (Lipinski definition) is 3. The van der Waals surface area contributed by atoms with Gasteiger partial charge in [0.05, 0.1) is 18.4 Å². The number of ketones is 1. The average molecular weight is 416 g/mol. The van der Waals surface area contributed by atoms with Crippen molar-refractivity contribution in [2.45, 2.75) is 12.6 Å². The summed E-state index contributed by atoms with van der Waals surface area (Å²) < 4.78 is 44.7. The molecule has 1 amide bonds. The van der Waals surface area contributed by atoms with E-state index in [9.17, 15) is 22.8 Å². The second-order valence-electron chi connectivity index (χ2n) is 6.49. The van der Waals surface area contributed by atoms with Crippen molar-refractivity contribution in [1.29, 1.82) is 0 Å². The Hall–Kier alpha value is -3.55. The number of ether oxygens (including phenoxy) is 1. The van der Waals surface area contributed by atoms with E-state index < -0.39 is 23.4 Å². The van der Waals surface area contributed by atoms with Crippen molar-refractivity contribution in [3.8, 4) is 11.4 Å². The van der Waals surface area contributed by atoms with E-state index in [1.165, 1.54) is 29.0 Å². The lowest BCUT2D eigenvalue weighted by Crippen LogP contribution is -2.33. The Kier molecular flexibility index (Phi) is 6.25. The number of hydrogen-bond donors (Lipinski definition) is 1. The molecular weight excluding hydrogens is 397 g/mol. The van der Waals surface area contributed by atoms with Crippen molar-refractivity contribution in [3.63, 3.8) is 0 Å². The van der Waals surface area contributed by atoms with E-state index in [0.717, 1.165) is 23.4 Å². The molecular formula is C22H19F3N2O3. The van der Waals surface area contributed by atoms with Crippen LogP contribution < -0.4 is 10.1 Å². The molecule has 1 N–H and O–H groups in total. The Labute approximate surface area is 171 Å². The number of rotatable bonds is 7. The molecule has 0 aliphatic rings. The van der Waals surface area contributed by atoms with Crippen LogP contribution in [0.1, 0.15) is 21.6 Å². The van der Waals surface area contributed by atoms with Crippen LogP contribution >= 0.6 is 0 Å². The fourth-order valence-corrected chi connectivity index (χ4v) is 2.91. The summed E-state index contributed by atoms with van der Waals surface area (Å²) in [5, 5.41) is 2.57. The third kappa shape index (κ3) is 4.89. The molecule has 3 aromatic rings. The van der Waals surface area contributed by atoms with Gasteiger partial charge >= 0.3 is 6.18 Å². The minimum Gasteiger partial charge on any atom is -0.497 e. The highest BCUT2D eigenvalue weighted by Crippen LogP contribution is 2.29. The van der Waals surface area contributed by atoms with E-state index in [-0.39, 0.29) is 12.2 Å². The second kappa shape index (κ2) is 8.86. The molecule has 0 aliphatic heterocycles. The van der Waals surface area contributed by atoms with Crippen LogP contribution in [-0.4, -0.2) is 29.9 Å². The fourth-order valence-electron chi connectivity index (χ4n) is 2.91. The molecule has 156 valence electrons. The number of halogens is 3. The number of nitrogens with one attached hydrogen (secondary N) is 1. The summed E-state index contributed by atoms with van der Waals surface area (Å²) in [7, 11) is 1.57. The molecule has 3 rings (SSSR count). The van der Waals surface area contributed by atoms with Gasteiger partial charge in [-0.3, -0.25) is 9.59 Å². The molecule has 0 fully saturated rings. The third-order valence-corrected chi connectivity index (χ3v) is 4.52. The number of nitrogens with zero attached hydrogens (tertiary/aromatic N) is 1. The van der Waals surface area contributed by atoms with E-state index in [4.69, 9.17) is 4.74 Å². The summed E-state index contributed by atoms with van der Waals surface area (Å²) in [4.78, 5) is 24.8. The number of alkyl halides is 3. The van der Waals surface area contributed by atoms with Gasteiger partial charge in [-0.25, -0.2) is 0 Å². The summed E-state index contributed by atoms with van der Waals surface area (Å²) in [5.74, 6) is -0.827. The molecule has 0 saturated heterocycles. The minimum atomic E-state index is -4.45. The smallest absolute Gasteiger partial charge is 0.416 e. The highest BCUT2D eigenvalue weighted by Gasteiger charge is 2.30. The maximum Gasteiger partial charge on any atom is 0.416 e. The first kappa shape index (κ1) is 21.2. The van der Waals surface area contributed by atoms with Gasteiger partial charge in [0.1, 0.15) is 5.75 Å². The first-order chi connectivity index (χ1) is 14.3. The SMILES string of the molecule is COc1ccc(CCNC(=O)C(=O)c2cccn2-c2ccc(C(F)(F)F)cc2)cc1. The molecule has 1 heterocycles. The van der Waals surface area contributed by atoms with Crippen LogP contribution in [0.15, 0.2) is 66.9 Å². The molecule has 0 bridgehead atoms. The van der Waals surface area contributed by atoms with E-state index in [1.54, 1.807) is 25.3 Å². The van der Waals surface area contributed by atoms with Crippen molar-refractivity contribution in [3.05, 3.63) is 83.7 Å². The van der Waals surface area contributed by atoms with Gasteiger partial charge in [-0.15, -0.1) is 0 Å². The summed E-state index contributed by atoms with van der Waals surface area (Å²) in [6.07, 6.45) is -2.40. The van der Waals surface area contributed by atoms with Crippen molar-refractivity contribution in [1.82, 2.24) is 9.88 Å². The van der Waals surface area contributed by atoms with Crippen molar-refractivity contribution in [2.75, 3.05) is 13.7 Å². The van der Waals surface area contributed by atoms with Gasteiger partial charge in [0.15, 0.2) is 0 Å². The zero-order chi connectivity index (χ0) is 21.7. The van der Waals surface area contributed by atoms with E-state index in [0.29, 0.717) is 12.1 Å². The largest absolute Gasteiger partial charge is 0.497 e. The predicted octanol–water partition coefficient (Wildman–Crippen LogP) is 4.05. The highest BCUT2D eigenvalue weighted by atomic mass is 19.4. The quantitative estimate of drug-likeness (QED) is 0.467. The molecule has 30 heavy (non-hydrogen) atoms. The number of amides is 1. The van der Waals surface area contributed by atoms with Gasteiger partial charge in [-0.2, -0.15) is 13.2 Å². The van der Waals surface area contributed by atoms with Crippen LogP contribution in [-0.2, 0) is 17.4 Å². The maximum absolute atomic E-state index is 12.7. The third-order valence-electron chi connectivity index (χ3n) is 4.52. The number of benzene rings is 2. The number of carbonyl (C=O) groups excluding carboxylic acids is 2. The lowest BCUT2D eigenvalue weighted by molar-refractivity contribution is -0.137. The second-order valence-corrected chi connectivity index (χ2v) is 6.49. The number of methoxy groups -OCH3 is 1. The maximum atomic E-state index is 12.7. The molecule has 0 spiro atoms. The minimum absolute atomic E-state index is 0.0664. The highest BCUT2D eigenvalue weighted by molar-refractivity contribution is 6.42. The van der Waals surface area contributed by atoms with E-state index in [2.05, 4.69) is 5.32 Å². The van der Waals surface area contributed by atoms with Crippen LogP contribution in [0.3, 0.4) is 0 Å². The number of aromatic nitrogens is 1. The fraction of sp³-hybridized carbons (Fsp3) is 0.182. The molecule has 8 heteroatoms. The van der Waals surface area contributed by atoms with Crippen molar-refractivity contribution < 1.29 is 27.5 Å². The summed E-state index contributed by atoms with van der Waals surface area (Å²) in [5.41, 5.74) is 0.596. The Morgan fingerprint density at radius 1 is 1.00 bits per heavy atom. The molecule has 2 aromatic carbocycles. The predicted molar refractivity (Wildman–Crippen MR) is 105 cm³/mol. The Balaban J connectivity index is 1.64. The molecule has 0 aliphatic carbocycles. The van der Waals surface area contributed by atoms with Crippen LogP contribution in [0, 0.1) is 0 Å². The van der Waals surface area contributed by atoms with Crippen LogP contribution in [0.25, 0.3) is 5.69 Å². The molecule has 5 nitrogen and oxygen atoms in total. The molecule has 1 aromatic heterocycles. The summed E-state index contributed by atoms with van der Waals surface area (Å²) >= 11 is 0. The van der Waals surface area contributed by atoms with Gasteiger partial charge in [0, 0.05) is 18.4 Å². The van der Waals surface area contributed by atoms with Gasteiger partial charge in [0.25, 0.3) is 11.7 Å². The Morgan fingerprint density at radius 3 is 2.27 bits per heavy atom. The Morgan fingerprint density at radius 2 is 1.67 bits per heavy atom. The first-order valence-corrected chi connectivity index (χ1v) is 9.10. The summed E-state index contributed by atoms with van der Waals surface area (Å²) in [6.45, 7) is 0.262. The zero-order valence-electron chi connectivity index (χ0n) is 16.1. The van der Waals surface area contributed by atoms with E-state index in [1.807, 2.05) is 12.1 Å². The van der Waals surface area contributed by atoms with Gasteiger partial charge in [0.2, 0.25) is 0 Å². The van der Waals surface area contributed by atoms with Crippen LogP contribution in [0.2, 0.25) is 0 Å². The van der Waals surface area contributed by atoms with Gasteiger partial charge < -0.3 is 14.6 Å². The first-order valence-electron chi connectivity index (χ1n) is 9.10. The lowest BCUT2D eigenvalue weighted by Gasteiger charge is -2.11. The van der Waals surface area contributed by atoms with Crippen molar-refractivity contribution in [2.24, 2.45) is 0 Å². The van der Waals surface area contributed by atoms with Crippen molar-refractivity contribution >= 4 is 11.7 Å². The Bertz CT molecular complexity index is 1020. The molecule has 0 saturated carbocycles. The van der Waals surface area contributed by atoms with Gasteiger partial charge in [-0.1, -0.05) is 12.1 Å².